The third-order valence-corrected chi connectivity index (χ3v) is 5.80. The minimum atomic E-state index is 0.575. The number of H-pyrrole nitrogens is 1. The minimum absolute atomic E-state index is 0.575. The molecule has 106 valence electrons. The first-order valence-electron chi connectivity index (χ1n) is 7.45. The molecule has 0 aromatic carbocycles. The maximum Gasteiger partial charge on any atom is 0.143 e. The molecule has 2 aliphatic rings. The van der Waals surface area contributed by atoms with Crippen LogP contribution in [-0.2, 0) is 6.42 Å². The van der Waals surface area contributed by atoms with E-state index in [-0.39, 0.29) is 0 Å². The first kappa shape index (κ1) is 12.5. The van der Waals surface area contributed by atoms with E-state index < -0.39 is 0 Å². The van der Waals surface area contributed by atoms with Crippen LogP contribution in [0, 0.1) is 5.41 Å². The molecular weight excluding hydrogens is 268 g/mol. The molecule has 0 aliphatic carbocycles. The summed E-state index contributed by atoms with van der Waals surface area (Å²) in [6, 6.07) is 0. The van der Waals surface area contributed by atoms with Crippen molar-refractivity contribution < 1.29 is 0 Å². The SMILES string of the molecule is CCc1c[nH]c2ncnc(N3CC4(CCSCC4)C3)c12. The molecule has 5 heteroatoms. The van der Waals surface area contributed by atoms with Crippen LogP contribution in [0.1, 0.15) is 25.3 Å². The highest BCUT2D eigenvalue weighted by Gasteiger charge is 2.44. The van der Waals surface area contributed by atoms with E-state index in [0.29, 0.717) is 5.41 Å². The van der Waals surface area contributed by atoms with Gasteiger partial charge in [-0.2, -0.15) is 11.8 Å². The van der Waals surface area contributed by atoms with Crippen molar-refractivity contribution in [3.63, 3.8) is 0 Å². The second kappa shape index (κ2) is 4.65. The zero-order chi connectivity index (χ0) is 13.6. The number of fused-ring (bicyclic) bond motifs is 1. The van der Waals surface area contributed by atoms with Crippen molar-refractivity contribution in [2.24, 2.45) is 5.41 Å². The second-order valence-electron chi connectivity index (χ2n) is 6.06. The molecule has 2 aliphatic heterocycles. The van der Waals surface area contributed by atoms with Crippen LogP contribution in [0.2, 0.25) is 0 Å². The third-order valence-electron chi connectivity index (χ3n) is 4.82. The van der Waals surface area contributed by atoms with Gasteiger partial charge in [-0.25, -0.2) is 9.97 Å². The number of rotatable bonds is 2. The number of nitrogens with zero attached hydrogens (tertiary/aromatic N) is 3. The lowest BCUT2D eigenvalue weighted by Crippen LogP contribution is -2.58. The normalized spacial score (nSPS) is 21.4. The topological polar surface area (TPSA) is 44.8 Å². The molecule has 1 spiro atoms. The molecule has 0 saturated carbocycles. The molecule has 1 N–H and O–H groups in total. The van der Waals surface area contributed by atoms with Gasteiger partial charge in [0, 0.05) is 24.7 Å². The Morgan fingerprint density at radius 3 is 2.85 bits per heavy atom. The first-order chi connectivity index (χ1) is 9.81. The summed E-state index contributed by atoms with van der Waals surface area (Å²) in [5.41, 5.74) is 2.88. The molecule has 0 bridgehead atoms. The highest BCUT2D eigenvalue weighted by molar-refractivity contribution is 7.99. The molecular formula is C15H20N4S. The predicted octanol–water partition coefficient (Wildman–Crippen LogP) is 2.85. The summed E-state index contributed by atoms with van der Waals surface area (Å²) in [5, 5.41) is 1.23. The van der Waals surface area contributed by atoms with Crippen LogP contribution >= 0.6 is 11.8 Å². The van der Waals surface area contributed by atoms with Gasteiger partial charge in [-0.3, -0.25) is 0 Å². The van der Waals surface area contributed by atoms with Gasteiger partial charge in [0.1, 0.15) is 17.8 Å². The van der Waals surface area contributed by atoms with Gasteiger partial charge in [-0.1, -0.05) is 6.92 Å². The standard InChI is InChI=1S/C15H20N4S/c1-2-11-7-16-13-12(11)14(18-10-17-13)19-8-15(9-19)3-5-20-6-4-15/h7,10H,2-6,8-9H2,1H3,(H,16,17,18). The number of hydrogen-bond acceptors (Lipinski definition) is 4. The average Bonchev–Trinajstić information content (AvgIpc) is 2.88. The number of aromatic nitrogens is 3. The summed E-state index contributed by atoms with van der Waals surface area (Å²) in [4.78, 5) is 14.7. The zero-order valence-electron chi connectivity index (χ0n) is 11.9. The summed E-state index contributed by atoms with van der Waals surface area (Å²) in [5.74, 6) is 3.80. The molecule has 4 rings (SSSR count). The minimum Gasteiger partial charge on any atom is -0.355 e. The molecule has 0 atom stereocenters. The largest absolute Gasteiger partial charge is 0.355 e. The Labute approximate surface area is 123 Å². The number of nitrogens with one attached hydrogen (secondary N) is 1. The van der Waals surface area contributed by atoms with Crippen molar-refractivity contribution >= 4 is 28.6 Å². The number of aryl methyl sites for hydroxylation is 1. The lowest BCUT2D eigenvalue weighted by Gasteiger charge is -2.53. The Hall–Kier alpha value is -1.23. The molecule has 4 heterocycles. The summed E-state index contributed by atoms with van der Waals surface area (Å²) in [6.45, 7) is 4.54. The highest BCUT2D eigenvalue weighted by atomic mass is 32.2. The Morgan fingerprint density at radius 2 is 2.10 bits per heavy atom. The molecule has 2 aromatic heterocycles. The van der Waals surface area contributed by atoms with Gasteiger partial charge < -0.3 is 9.88 Å². The molecule has 0 unspecified atom stereocenters. The summed E-state index contributed by atoms with van der Waals surface area (Å²) >= 11 is 2.10. The van der Waals surface area contributed by atoms with Gasteiger partial charge in [-0.05, 0) is 36.3 Å². The molecule has 2 aromatic rings. The fourth-order valence-electron chi connectivity index (χ4n) is 3.56. The molecule has 20 heavy (non-hydrogen) atoms. The van der Waals surface area contributed by atoms with Gasteiger partial charge in [0.2, 0.25) is 0 Å². The van der Waals surface area contributed by atoms with Crippen LogP contribution in [0.5, 0.6) is 0 Å². The maximum absolute atomic E-state index is 4.58. The smallest absolute Gasteiger partial charge is 0.143 e. The number of anilines is 1. The van der Waals surface area contributed by atoms with Crippen molar-refractivity contribution in [3.8, 4) is 0 Å². The average molecular weight is 288 g/mol. The number of thioether (sulfide) groups is 1. The predicted molar refractivity (Wildman–Crippen MR) is 84.5 cm³/mol. The Bertz CT molecular complexity index is 622. The van der Waals surface area contributed by atoms with Gasteiger partial charge in [0.15, 0.2) is 0 Å². The Kier molecular flexibility index (Phi) is 2.91. The fourth-order valence-corrected chi connectivity index (χ4v) is 4.92. The van der Waals surface area contributed by atoms with Crippen LogP contribution in [0.25, 0.3) is 11.0 Å². The van der Waals surface area contributed by atoms with Crippen molar-refractivity contribution in [1.82, 2.24) is 15.0 Å². The van der Waals surface area contributed by atoms with Crippen LogP contribution < -0.4 is 4.90 Å². The summed E-state index contributed by atoms with van der Waals surface area (Å²) < 4.78 is 0. The molecule has 4 nitrogen and oxygen atoms in total. The highest BCUT2D eigenvalue weighted by Crippen LogP contribution is 2.45. The van der Waals surface area contributed by atoms with Gasteiger partial charge in [-0.15, -0.1) is 0 Å². The lowest BCUT2D eigenvalue weighted by molar-refractivity contribution is 0.193. The van der Waals surface area contributed by atoms with E-state index in [2.05, 4.69) is 44.7 Å². The van der Waals surface area contributed by atoms with E-state index in [0.717, 1.165) is 17.9 Å². The van der Waals surface area contributed by atoms with E-state index in [1.165, 1.54) is 48.4 Å². The van der Waals surface area contributed by atoms with Gasteiger partial charge >= 0.3 is 0 Å². The Balaban J connectivity index is 1.65. The van der Waals surface area contributed by atoms with Crippen molar-refractivity contribution in [3.05, 3.63) is 18.1 Å². The second-order valence-corrected chi connectivity index (χ2v) is 7.28. The van der Waals surface area contributed by atoms with E-state index in [1.54, 1.807) is 6.33 Å². The summed E-state index contributed by atoms with van der Waals surface area (Å²) in [7, 11) is 0. The lowest BCUT2D eigenvalue weighted by atomic mass is 9.74. The third kappa shape index (κ3) is 1.83. The Morgan fingerprint density at radius 1 is 1.30 bits per heavy atom. The molecule has 2 saturated heterocycles. The first-order valence-corrected chi connectivity index (χ1v) is 8.60. The van der Waals surface area contributed by atoms with Crippen LogP contribution in [-0.4, -0.2) is 39.5 Å². The van der Waals surface area contributed by atoms with E-state index in [9.17, 15) is 0 Å². The van der Waals surface area contributed by atoms with Crippen LogP contribution in [0.15, 0.2) is 12.5 Å². The van der Waals surface area contributed by atoms with Crippen molar-refractivity contribution in [2.45, 2.75) is 26.2 Å². The fraction of sp³-hybridized carbons (Fsp3) is 0.600. The van der Waals surface area contributed by atoms with Crippen LogP contribution in [0.4, 0.5) is 5.82 Å². The van der Waals surface area contributed by atoms with Crippen molar-refractivity contribution in [1.29, 1.82) is 0 Å². The zero-order valence-corrected chi connectivity index (χ0v) is 12.7. The van der Waals surface area contributed by atoms with E-state index in [1.807, 2.05) is 0 Å². The maximum atomic E-state index is 4.58. The number of hydrogen-bond donors (Lipinski definition) is 1. The van der Waals surface area contributed by atoms with Gasteiger partial charge in [0.05, 0.1) is 5.39 Å². The van der Waals surface area contributed by atoms with E-state index in [4.69, 9.17) is 0 Å². The van der Waals surface area contributed by atoms with Crippen LogP contribution in [0.3, 0.4) is 0 Å². The molecule has 0 radical (unpaired) electrons. The monoisotopic (exact) mass is 288 g/mol. The number of aromatic amines is 1. The van der Waals surface area contributed by atoms with Crippen molar-refractivity contribution in [2.75, 3.05) is 29.5 Å². The molecule has 0 amide bonds. The van der Waals surface area contributed by atoms with E-state index >= 15 is 0 Å². The summed E-state index contributed by atoms with van der Waals surface area (Å²) in [6.07, 6.45) is 7.54. The molecule has 2 fully saturated rings. The quantitative estimate of drug-likeness (QED) is 0.923. The van der Waals surface area contributed by atoms with Gasteiger partial charge in [0.25, 0.3) is 0 Å².